The van der Waals surface area contributed by atoms with Crippen molar-refractivity contribution in [3.05, 3.63) is 23.8 Å². The fraction of sp³-hybridized carbons (Fsp3) is 0.862. The molecule has 2 fully saturated rings. The van der Waals surface area contributed by atoms with Gasteiger partial charge in [0.15, 0.2) is 0 Å². The van der Waals surface area contributed by atoms with E-state index >= 15 is 0 Å². The zero-order chi connectivity index (χ0) is 23.4. The molecule has 0 radical (unpaired) electrons. The van der Waals surface area contributed by atoms with Crippen molar-refractivity contribution < 1.29 is 15.3 Å². The number of allylic oxidation sites excluding steroid dienone is 2. The van der Waals surface area contributed by atoms with Crippen LogP contribution in [0.1, 0.15) is 86.5 Å². The molecule has 0 spiro atoms. The third-order valence-corrected chi connectivity index (χ3v) is 11.1. The molecule has 3 N–H and O–H groups in total. The standard InChI is InChI=1S/C29H48O3/c1-7-19(17(2)3)14-26(31)18(4)23-10-11-24-22-9-8-20-15-21(30)16-27(32)29(20,6)25(22)12-13-28(23,24)5/h8-9,15,17-19,21-27,30-32H,7,10-14,16H2,1-6H3/t18-,19-,21+,22?,23+,24?,25?,26+,27-,28+,29-/m0/s1. The Bertz CT molecular complexity index is 741. The summed E-state index contributed by atoms with van der Waals surface area (Å²) in [4.78, 5) is 0. The van der Waals surface area contributed by atoms with Gasteiger partial charge in [-0.2, -0.15) is 0 Å². The minimum absolute atomic E-state index is 0.212. The molecule has 4 aliphatic carbocycles. The molecule has 0 amide bonds. The first-order valence-electron chi connectivity index (χ1n) is 13.5. The second kappa shape index (κ2) is 8.86. The van der Waals surface area contributed by atoms with Crippen LogP contribution in [0.5, 0.6) is 0 Å². The second-order valence-electron chi connectivity index (χ2n) is 12.7. The van der Waals surface area contributed by atoms with Gasteiger partial charge in [0.05, 0.1) is 18.3 Å². The van der Waals surface area contributed by atoms with Crippen LogP contribution in [0, 0.1) is 52.3 Å². The summed E-state index contributed by atoms with van der Waals surface area (Å²) in [6.45, 7) is 13.9. The summed E-state index contributed by atoms with van der Waals surface area (Å²) in [7, 11) is 0. The van der Waals surface area contributed by atoms with Crippen molar-refractivity contribution in [2.45, 2.75) is 105 Å². The fourth-order valence-electron chi connectivity index (χ4n) is 8.80. The van der Waals surface area contributed by atoms with Gasteiger partial charge >= 0.3 is 0 Å². The lowest BCUT2D eigenvalue weighted by Gasteiger charge is -2.58. The van der Waals surface area contributed by atoms with Crippen molar-refractivity contribution in [3.63, 3.8) is 0 Å². The first kappa shape index (κ1) is 24.5. The highest BCUT2D eigenvalue weighted by Crippen LogP contribution is 2.66. The summed E-state index contributed by atoms with van der Waals surface area (Å²) in [5, 5.41) is 32.5. The maximum absolute atomic E-state index is 11.2. The predicted octanol–water partition coefficient (Wildman–Crippen LogP) is 5.74. The van der Waals surface area contributed by atoms with Crippen LogP contribution in [0.25, 0.3) is 0 Å². The Kier molecular flexibility index (Phi) is 6.78. The van der Waals surface area contributed by atoms with Crippen molar-refractivity contribution in [2.24, 2.45) is 52.3 Å². The van der Waals surface area contributed by atoms with Crippen LogP contribution in [-0.2, 0) is 0 Å². The topological polar surface area (TPSA) is 60.7 Å². The van der Waals surface area contributed by atoms with E-state index in [1.54, 1.807) is 0 Å². The van der Waals surface area contributed by atoms with Gasteiger partial charge in [-0.1, -0.05) is 66.2 Å². The Morgan fingerprint density at radius 1 is 1.06 bits per heavy atom. The molecule has 0 aromatic rings. The van der Waals surface area contributed by atoms with Crippen molar-refractivity contribution >= 4 is 0 Å². The number of hydrogen-bond acceptors (Lipinski definition) is 3. The summed E-state index contributed by atoms with van der Waals surface area (Å²) in [6, 6.07) is 0. The summed E-state index contributed by atoms with van der Waals surface area (Å²) < 4.78 is 0. The molecule has 0 aromatic carbocycles. The fourth-order valence-corrected chi connectivity index (χ4v) is 8.80. The number of rotatable bonds is 6. The number of hydrogen-bond donors (Lipinski definition) is 3. The Morgan fingerprint density at radius 3 is 2.44 bits per heavy atom. The van der Waals surface area contributed by atoms with E-state index in [9.17, 15) is 15.3 Å². The van der Waals surface area contributed by atoms with E-state index in [4.69, 9.17) is 0 Å². The lowest BCUT2D eigenvalue weighted by atomic mass is 9.47. The molecule has 0 aromatic heterocycles. The van der Waals surface area contributed by atoms with E-state index < -0.39 is 12.2 Å². The third-order valence-electron chi connectivity index (χ3n) is 11.1. The molecule has 0 bridgehead atoms. The second-order valence-corrected chi connectivity index (χ2v) is 12.7. The smallest absolute Gasteiger partial charge is 0.0751 e. The highest BCUT2D eigenvalue weighted by Gasteiger charge is 2.60. The zero-order valence-electron chi connectivity index (χ0n) is 21.3. The largest absolute Gasteiger partial charge is 0.393 e. The van der Waals surface area contributed by atoms with E-state index in [0.717, 1.165) is 24.8 Å². The molecule has 0 aliphatic heterocycles. The highest BCUT2D eigenvalue weighted by atomic mass is 16.3. The van der Waals surface area contributed by atoms with Crippen LogP contribution in [0.4, 0.5) is 0 Å². The Hall–Kier alpha value is -0.640. The Labute approximate surface area is 196 Å². The van der Waals surface area contributed by atoms with E-state index in [1.165, 1.54) is 19.3 Å². The van der Waals surface area contributed by atoms with E-state index in [1.807, 2.05) is 6.08 Å². The molecule has 32 heavy (non-hydrogen) atoms. The molecule has 182 valence electrons. The first-order chi connectivity index (χ1) is 15.0. The number of aliphatic hydroxyl groups is 3. The lowest BCUT2D eigenvalue weighted by molar-refractivity contribution is -0.0864. The van der Waals surface area contributed by atoms with Crippen molar-refractivity contribution in [2.75, 3.05) is 0 Å². The monoisotopic (exact) mass is 444 g/mol. The molecular formula is C29H48O3. The average molecular weight is 445 g/mol. The molecule has 3 heteroatoms. The molecular weight excluding hydrogens is 396 g/mol. The van der Waals surface area contributed by atoms with Crippen LogP contribution < -0.4 is 0 Å². The van der Waals surface area contributed by atoms with Gasteiger partial charge in [0.2, 0.25) is 0 Å². The highest BCUT2D eigenvalue weighted by molar-refractivity contribution is 5.38. The van der Waals surface area contributed by atoms with Gasteiger partial charge in [0.1, 0.15) is 0 Å². The Balaban J connectivity index is 1.55. The number of aliphatic hydroxyl groups excluding tert-OH is 3. The van der Waals surface area contributed by atoms with Crippen LogP contribution in [-0.4, -0.2) is 33.6 Å². The van der Waals surface area contributed by atoms with Gasteiger partial charge in [-0.15, -0.1) is 0 Å². The predicted molar refractivity (Wildman–Crippen MR) is 131 cm³/mol. The van der Waals surface area contributed by atoms with Crippen LogP contribution in [0.15, 0.2) is 23.8 Å². The lowest BCUT2D eigenvalue weighted by Crippen LogP contribution is -2.54. The van der Waals surface area contributed by atoms with Gasteiger partial charge < -0.3 is 15.3 Å². The van der Waals surface area contributed by atoms with Crippen molar-refractivity contribution in [3.8, 4) is 0 Å². The molecule has 0 saturated heterocycles. The molecule has 2 saturated carbocycles. The zero-order valence-corrected chi connectivity index (χ0v) is 21.3. The van der Waals surface area contributed by atoms with E-state index in [2.05, 4.69) is 53.7 Å². The molecule has 11 atom stereocenters. The summed E-state index contributed by atoms with van der Waals surface area (Å²) in [5.41, 5.74) is 1.17. The maximum atomic E-state index is 11.2. The van der Waals surface area contributed by atoms with Crippen molar-refractivity contribution in [1.82, 2.24) is 0 Å². The number of fused-ring (bicyclic) bond motifs is 5. The Morgan fingerprint density at radius 2 is 1.78 bits per heavy atom. The van der Waals surface area contributed by atoms with Crippen LogP contribution >= 0.6 is 0 Å². The first-order valence-corrected chi connectivity index (χ1v) is 13.5. The molecule has 4 rings (SSSR count). The molecule has 4 aliphatic rings. The molecule has 3 nitrogen and oxygen atoms in total. The van der Waals surface area contributed by atoms with Gasteiger partial charge in [-0.05, 0) is 84.5 Å². The summed E-state index contributed by atoms with van der Waals surface area (Å²) in [6.07, 6.45) is 12.7. The minimum atomic E-state index is -0.529. The van der Waals surface area contributed by atoms with E-state index in [-0.39, 0.29) is 16.9 Å². The van der Waals surface area contributed by atoms with E-state index in [0.29, 0.717) is 47.8 Å². The average Bonchev–Trinajstić information content (AvgIpc) is 3.09. The molecule has 3 unspecified atom stereocenters. The van der Waals surface area contributed by atoms with Crippen LogP contribution in [0.2, 0.25) is 0 Å². The summed E-state index contributed by atoms with van der Waals surface area (Å²) in [5.74, 6) is 3.70. The summed E-state index contributed by atoms with van der Waals surface area (Å²) >= 11 is 0. The van der Waals surface area contributed by atoms with Gasteiger partial charge in [0, 0.05) is 11.8 Å². The maximum Gasteiger partial charge on any atom is 0.0751 e. The minimum Gasteiger partial charge on any atom is -0.393 e. The van der Waals surface area contributed by atoms with Crippen LogP contribution in [0.3, 0.4) is 0 Å². The molecule has 0 heterocycles. The van der Waals surface area contributed by atoms with Gasteiger partial charge in [-0.3, -0.25) is 0 Å². The SMILES string of the molecule is CC[C@@H](C[C@@H](O)[C@@H](C)[C@H]1CCC2C3C=CC4=C[C@@H](O)C[C@H](O)[C@]4(C)C3CC[C@@]21C)C(C)C. The van der Waals surface area contributed by atoms with Crippen molar-refractivity contribution in [1.29, 1.82) is 0 Å². The van der Waals surface area contributed by atoms with Gasteiger partial charge in [-0.25, -0.2) is 0 Å². The normalized spacial score (nSPS) is 46.1. The van der Waals surface area contributed by atoms with Gasteiger partial charge in [0.25, 0.3) is 0 Å². The third kappa shape index (κ3) is 3.75. The quantitative estimate of drug-likeness (QED) is 0.489.